The second kappa shape index (κ2) is 11.2. The summed E-state index contributed by atoms with van der Waals surface area (Å²) in [6.45, 7) is 1.64. The highest BCUT2D eigenvalue weighted by Gasteiger charge is 2.16. The number of nitrogens with zero attached hydrogens (tertiary/aromatic N) is 1. The van der Waals surface area contributed by atoms with E-state index in [-0.39, 0.29) is 16.3 Å². The Balaban J connectivity index is 1.44. The molecule has 0 saturated carbocycles. The summed E-state index contributed by atoms with van der Waals surface area (Å²) in [4.78, 5) is 25.1. The largest absolute Gasteiger partial charge is 0.480 e. The fraction of sp³-hybridized carbons (Fsp3) is 0.0741. The molecule has 0 fully saturated rings. The van der Waals surface area contributed by atoms with Crippen molar-refractivity contribution >= 4 is 56.4 Å². The average Bonchev–Trinajstić information content (AvgIpc) is 2.86. The lowest BCUT2D eigenvalue weighted by molar-refractivity contribution is -0.127. The van der Waals surface area contributed by atoms with Crippen LogP contribution in [0.1, 0.15) is 22.8 Å². The molecule has 0 aliphatic heterocycles. The zero-order valence-corrected chi connectivity index (χ0v) is 20.9. The van der Waals surface area contributed by atoms with Crippen LogP contribution < -0.4 is 14.9 Å². The van der Waals surface area contributed by atoms with Gasteiger partial charge in [-0.3, -0.25) is 4.79 Å². The minimum absolute atomic E-state index is 0.243. The number of esters is 1. The van der Waals surface area contributed by atoms with E-state index in [0.717, 1.165) is 15.2 Å². The molecule has 0 aliphatic rings. The molecule has 0 radical (unpaired) electrons. The van der Waals surface area contributed by atoms with Crippen molar-refractivity contribution in [3.05, 3.63) is 106 Å². The van der Waals surface area contributed by atoms with Gasteiger partial charge in [0.15, 0.2) is 6.10 Å². The second-order valence-electron chi connectivity index (χ2n) is 7.52. The van der Waals surface area contributed by atoms with Crippen LogP contribution in [-0.4, -0.2) is 24.2 Å². The van der Waals surface area contributed by atoms with Gasteiger partial charge in [0.2, 0.25) is 0 Å². The maximum atomic E-state index is 12.6. The summed E-state index contributed by atoms with van der Waals surface area (Å²) in [6, 6.07) is 25.1. The van der Waals surface area contributed by atoms with Gasteiger partial charge < -0.3 is 9.47 Å². The van der Waals surface area contributed by atoms with Crippen molar-refractivity contribution in [3.63, 3.8) is 0 Å². The molecular weight excluding hydrogens is 532 g/mol. The fourth-order valence-corrected chi connectivity index (χ4v) is 3.89. The molecule has 1 atom stereocenters. The molecule has 0 aromatic heterocycles. The summed E-state index contributed by atoms with van der Waals surface area (Å²) in [5.74, 6) is -0.167. The minimum atomic E-state index is -0.794. The number of amides is 1. The number of halogens is 2. The van der Waals surface area contributed by atoms with Gasteiger partial charge in [-0.2, -0.15) is 5.10 Å². The topological polar surface area (TPSA) is 77.0 Å². The first-order valence-electron chi connectivity index (χ1n) is 10.7. The van der Waals surface area contributed by atoms with E-state index in [1.807, 2.05) is 42.5 Å². The van der Waals surface area contributed by atoms with Crippen LogP contribution in [0.15, 0.2) is 94.5 Å². The predicted molar refractivity (Wildman–Crippen MR) is 140 cm³/mol. The normalized spacial score (nSPS) is 11.9. The van der Waals surface area contributed by atoms with Crippen LogP contribution in [0.5, 0.6) is 11.5 Å². The van der Waals surface area contributed by atoms with Crippen LogP contribution in [0.3, 0.4) is 0 Å². The smallest absolute Gasteiger partial charge is 0.345 e. The number of fused-ring (bicyclic) bond motifs is 1. The molecule has 0 spiro atoms. The van der Waals surface area contributed by atoms with Crippen molar-refractivity contribution < 1.29 is 19.1 Å². The molecule has 1 unspecified atom stereocenters. The van der Waals surface area contributed by atoms with Gasteiger partial charge in [0.05, 0.1) is 16.8 Å². The van der Waals surface area contributed by atoms with E-state index >= 15 is 0 Å². The Labute approximate surface area is 215 Å². The minimum Gasteiger partial charge on any atom is -0.480 e. The molecule has 0 aliphatic carbocycles. The summed E-state index contributed by atoms with van der Waals surface area (Å²) in [5.41, 5.74) is 3.19. The molecule has 176 valence electrons. The average molecular weight is 552 g/mol. The van der Waals surface area contributed by atoms with Crippen molar-refractivity contribution in [1.82, 2.24) is 5.43 Å². The highest BCUT2D eigenvalue weighted by Crippen LogP contribution is 2.26. The molecule has 1 amide bonds. The number of carbonyl (C=O) groups excluding carboxylic acids is 2. The van der Waals surface area contributed by atoms with Crippen molar-refractivity contribution in [2.75, 3.05) is 0 Å². The van der Waals surface area contributed by atoms with E-state index in [0.29, 0.717) is 11.3 Å². The Bertz CT molecular complexity index is 1420. The van der Waals surface area contributed by atoms with Gasteiger partial charge in [-0.25, -0.2) is 10.2 Å². The predicted octanol–water partition coefficient (Wildman–Crippen LogP) is 6.39. The monoisotopic (exact) mass is 550 g/mol. The van der Waals surface area contributed by atoms with Gasteiger partial charge in [-0.1, -0.05) is 76.1 Å². The van der Waals surface area contributed by atoms with Gasteiger partial charge in [0, 0.05) is 15.4 Å². The number of carbonyl (C=O) groups is 2. The van der Waals surface area contributed by atoms with Crippen LogP contribution in [0.2, 0.25) is 5.02 Å². The van der Waals surface area contributed by atoms with Crippen LogP contribution in [0.4, 0.5) is 0 Å². The highest BCUT2D eigenvalue weighted by atomic mass is 79.9. The van der Waals surface area contributed by atoms with E-state index in [9.17, 15) is 9.59 Å². The summed E-state index contributed by atoms with van der Waals surface area (Å²) in [7, 11) is 0. The molecule has 4 rings (SSSR count). The molecule has 35 heavy (non-hydrogen) atoms. The molecule has 1 N–H and O–H groups in total. The van der Waals surface area contributed by atoms with Crippen molar-refractivity contribution in [2.45, 2.75) is 13.0 Å². The van der Waals surface area contributed by atoms with Gasteiger partial charge in [0.1, 0.15) is 11.5 Å². The Kier molecular flexibility index (Phi) is 7.80. The van der Waals surface area contributed by atoms with Crippen LogP contribution in [-0.2, 0) is 4.79 Å². The molecule has 4 aromatic carbocycles. The summed E-state index contributed by atoms with van der Waals surface area (Å²) in [6.07, 6.45) is 0.598. The summed E-state index contributed by atoms with van der Waals surface area (Å²) >= 11 is 9.48. The van der Waals surface area contributed by atoms with E-state index in [1.54, 1.807) is 49.4 Å². The van der Waals surface area contributed by atoms with E-state index in [1.165, 1.54) is 6.21 Å². The first kappa shape index (κ1) is 24.4. The van der Waals surface area contributed by atoms with Crippen LogP contribution in [0, 0.1) is 0 Å². The van der Waals surface area contributed by atoms with E-state index in [2.05, 4.69) is 26.5 Å². The van der Waals surface area contributed by atoms with Crippen LogP contribution in [0.25, 0.3) is 10.8 Å². The Morgan fingerprint density at radius 3 is 2.54 bits per heavy atom. The number of rotatable bonds is 7. The lowest BCUT2D eigenvalue weighted by Crippen LogP contribution is -2.33. The molecule has 0 bridgehead atoms. The highest BCUT2D eigenvalue weighted by molar-refractivity contribution is 9.10. The summed E-state index contributed by atoms with van der Waals surface area (Å²) in [5, 5.41) is 6.24. The third kappa shape index (κ3) is 6.07. The number of hydrogen-bond acceptors (Lipinski definition) is 5. The van der Waals surface area contributed by atoms with E-state index in [4.69, 9.17) is 21.1 Å². The van der Waals surface area contributed by atoms with Crippen molar-refractivity contribution in [1.29, 1.82) is 0 Å². The lowest BCUT2D eigenvalue weighted by Gasteiger charge is -2.15. The Hall–Kier alpha value is -3.68. The zero-order chi connectivity index (χ0) is 24.8. The molecule has 8 heteroatoms. The van der Waals surface area contributed by atoms with Crippen molar-refractivity contribution in [3.8, 4) is 11.5 Å². The number of hydrogen-bond donors (Lipinski definition) is 1. The van der Waals surface area contributed by atoms with Gasteiger partial charge in [0.25, 0.3) is 5.91 Å². The third-order valence-electron chi connectivity index (χ3n) is 5.07. The first-order chi connectivity index (χ1) is 16.9. The Morgan fingerprint density at radius 1 is 0.971 bits per heavy atom. The van der Waals surface area contributed by atoms with Gasteiger partial charge >= 0.3 is 5.97 Å². The molecule has 4 aromatic rings. The first-order valence-corrected chi connectivity index (χ1v) is 11.8. The quantitative estimate of drug-likeness (QED) is 0.125. The lowest BCUT2D eigenvalue weighted by atomic mass is 10.1. The zero-order valence-electron chi connectivity index (χ0n) is 18.6. The number of nitrogens with one attached hydrogen (secondary N) is 1. The van der Waals surface area contributed by atoms with Gasteiger partial charge in [-0.15, -0.1) is 0 Å². The van der Waals surface area contributed by atoms with E-state index < -0.39 is 18.0 Å². The third-order valence-corrected chi connectivity index (χ3v) is 5.89. The maximum Gasteiger partial charge on any atom is 0.345 e. The van der Waals surface area contributed by atoms with Crippen molar-refractivity contribution in [2.24, 2.45) is 5.10 Å². The number of benzene rings is 4. The van der Waals surface area contributed by atoms with Crippen LogP contribution >= 0.6 is 27.5 Å². The standard InChI is InChI=1S/C27H20BrClN2O4/c1-17(34-25-12-6-8-18-7-2-3-9-21(18)25)26(32)31-30-16-19-15-20(28)13-14-24(19)35-27(33)22-10-4-5-11-23(22)29/h2-17H,1H3,(H,31,32)/b30-16+. The van der Waals surface area contributed by atoms with Gasteiger partial charge in [-0.05, 0) is 48.7 Å². The number of hydrazone groups is 1. The second-order valence-corrected chi connectivity index (χ2v) is 8.85. The Morgan fingerprint density at radius 2 is 1.71 bits per heavy atom. The maximum absolute atomic E-state index is 12.6. The molecule has 0 saturated heterocycles. The molecular formula is C27H20BrClN2O4. The molecule has 0 heterocycles. The fourth-order valence-electron chi connectivity index (χ4n) is 3.29. The summed E-state index contributed by atoms with van der Waals surface area (Å²) < 4.78 is 12.1. The number of ether oxygens (including phenoxy) is 2. The molecule has 6 nitrogen and oxygen atoms in total. The SMILES string of the molecule is CC(Oc1cccc2ccccc12)C(=O)N/N=C/c1cc(Br)ccc1OC(=O)c1ccccc1Cl.